The smallest absolute Gasteiger partial charge is 0.343 e. The van der Waals surface area contributed by atoms with Crippen molar-refractivity contribution in [1.82, 2.24) is 19.7 Å². The largest absolute Gasteiger partial charge is 0.451 e. The van der Waals surface area contributed by atoms with Gasteiger partial charge in [-0.3, -0.25) is 9.48 Å². The van der Waals surface area contributed by atoms with Crippen LogP contribution in [0.25, 0.3) is 10.2 Å². The molecule has 0 aliphatic carbocycles. The topological polar surface area (TPSA) is 89.9 Å². The second kappa shape index (κ2) is 7.67. The van der Waals surface area contributed by atoms with E-state index in [-0.39, 0.29) is 16.3 Å². The third-order valence-corrected chi connectivity index (χ3v) is 6.02. The average molecular weight is 423 g/mol. The Balaban J connectivity index is 1.88. The maximum absolute atomic E-state index is 12.7. The second-order valence-electron chi connectivity index (χ2n) is 7.29. The number of esters is 1. The maximum atomic E-state index is 12.7. The van der Waals surface area contributed by atoms with Gasteiger partial charge in [0.2, 0.25) is 0 Å². The van der Waals surface area contributed by atoms with Crippen molar-refractivity contribution < 1.29 is 9.53 Å². The molecule has 3 heterocycles. The van der Waals surface area contributed by atoms with Crippen LogP contribution in [0.3, 0.4) is 0 Å². The summed E-state index contributed by atoms with van der Waals surface area (Å²) in [7, 11) is 0. The number of aromatic nitrogens is 4. The van der Waals surface area contributed by atoms with Gasteiger partial charge >= 0.3 is 5.97 Å². The summed E-state index contributed by atoms with van der Waals surface area (Å²) in [6.07, 6.45) is -0.740. The number of nitrogens with zero attached hydrogens (tertiary/aromatic N) is 3. The van der Waals surface area contributed by atoms with E-state index in [9.17, 15) is 9.59 Å². The van der Waals surface area contributed by atoms with Gasteiger partial charge in [0.15, 0.2) is 11.9 Å². The summed E-state index contributed by atoms with van der Waals surface area (Å²) in [5, 5.41) is 5.17. The third kappa shape index (κ3) is 3.71. The molecule has 3 aromatic rings. The molecule has 0 fully saturated rings. The number of thiophene rings is 1. The van der Waals surface area contributed by atoms with Crippen LogP contribution in [0.15, 0.2) is 4.79 Å². The van der Waals surface area contributed by atoms with Crippen LogP contribution in [-0.2, 0) is 11.3 Å². The molecule has 1 atom stereocenters. The molecule has 7 nitrogen and oxygen atoms in total. The van der Waals surface area contributed by atoms with Crippen LogP contribution in [0.1, 0.15) is 59.2 Å². The second-order valence-corrected chi connectivity index (χ2v) is 8.85. The fourth-order valence-electron chi connectivity index (χ4n) is 2.99. The van der Waals surface area contributed by atoms with Gasteiger partial charge in [-0.1, -0.05) is 25.4 Å². The van der Waals surface area contributed by atoms with Gasteiger partial charge in [-0.2, -0.15) is 5.10 Å². The lowest BCUT2D eigenvalue weighted by Crippen LogP contribution is -2.17. The molecule has 0 aliphatic heterocycles. The number of hydrogen-bond acceptors (Lipinski definition) is 6. The molecular weight excluding hydrogens is 400 g/mol. The minimum absolute atomic E-state index is 0.233. The zero-order valence-corrected chi connectivity index (χ0v) is 18.3. The molecule has 0 radical (unpaired) electrons. The van der Waals surface area contributed by atoms with Crippen molar-refractivity contribution in [3.8, 4) is 0 Å². The van der Waals surface area contributed by atoms with Crippen LogP contribution in [0.4, 0.5) is 0 Å². The van der Waals surface area contributed by atoms with Crippen LogP contribution < -0.4 is 5.56 Å². The monoisotopic (exact) mass is 422 g/mol. The summed E-state index contributed by atoms with van der Waals surface area (Å²) < 4.78 is 7.14. The molecule has 0 spiro atoms. The first-order valence-corrected chi connectivity index (χ1v) is 10.2. The average Bonchev–Trinajstić information content (AvgIpc) is 3.03. The zero-order valence-electron chi connectivity index (χ0n) is 16.7. The Morgan fingerprint density at radius 1 is 1.29 bits per heavy atom. The van der Waals surface area contributed by atoms with Crippen molar-refractivity contribution in [2.24, 2.45) is 5.92 Å². The Kier molecular flexibility index (Phi) is 5.63. The summed E-state index contributed by atoms with van der Waals surface area (Å²) >= 11 is 7.80. The summed E-state index contributed by atoms with van der Waals surface area (Å²) in [4.78, 5) is 34.0. The molecule has 9 heteroatoms. The quantitative estimate of drug-likeness (QED) is 0.618. The van der Waals surface area contributed by atoms with E-state index >= 15 is 0 Å². The Bertz CT molecular complexity index is 1110. The number of aromatic amines is 1. The van der Waals surface area contributed by atoms with Crippen molar-refractivity contribution in [3.05, 3.63) is 43.0 Å². The third-order valence-electron chi connectivity index (χ3n) is 4.53. The molecule has 1 N–H and O–H groups in total. The first kappa shape index (κ1) is 20.5. The number of halogens is 1. The molecule has 0 saturated carbocycles. The van der Waals surface area contributed by atoms with E-state index in [4.69, 9.17) is 16.3 Å². The van der Waals surface area contributed by atoms with E-state index in [0.29, 0.717) is 34.2 Å². The van der Waals surface area contributed by atoms with Gasteiger partial charge in [0.05, 0.1) is 11.1 Å². The van der Waals surface area contributed by atoms with Crippen molar-refractivity contribution >= 4 is 39.1 Å². The molecule has 0 saturated heterocycles. The van der Waals surface area contributed by atoms with Gasteiger partial charge in [0.25, 0.3) is 5.56 Å². The summed E-state index contributed by atoms with van der Waals surface area (Å²) in [6.45, 7) is 11.9. The molecule has 3 rings (SSSR count). The normalized spacial score (nSPS) is 12.7. The predicted octanol–water partition coefficient (Wildman–Crippen LogP) is 4.33. The highest BCUT2D eigenvalue weighted by atomic mass is 35.5. The van der Waals surface area contributed by atoms with Crippen LogP contribution in [0.2, 0.25) is 5.15 Å². The molecule has 0 aliphatic rings. The van der Waals surface area contributed by atoms with Crippen LogP contribution in [0.5, 0.6) is 0 Å². The van der Waals surface area contributed by atoms with E-state index in [0.717, 1.165) is 10.4 Å². The Morgan fingerprint density at radius 3 is 2.61 bits per heavy atom. The number of carbonyl (C=O) groups excluding carboxylic acids is 1. The highest BCUT2D eigenvalue weighted by Gasteiger charge is 2.25. The number of rotatable bonds is 5. The van der Waals surface area contributed by atoms with Crippen LogP contribution in [0, 0.1) is 26.7 Å². The number of H-pyrrole nitrogens is 1. The van der Waals surface area contributed by atoms with E-state index in [1.165, 1.54) is 11.3 Å². The van der Waals surface area contributed by atoms with Gasteiger partial charge < -0.3 is 9.72 Å². The molecule has 0 aromatic carbocycles. The lowest BCUT2D eigenvalue weighted by atomic mass is 10.2. The molecule has 0 bridgehead atoms. The number of carbonyl (C=O) groups is 1. The summed E-state index contributed by atoms with van der Waals surface area (Å²) in [6, 6.07) is 0. The maximum Gasteiger partial charge on any atom is 0.343 e. The molecule has 150 valence electrons. The Labute approximate surface area is 171 Å². The van der Waals surface area contributed by atoms with Gasteiger partial charge in [0.1, 0.15) is 15.5 Å². The van der Waals surface area contributed by atoms with Gasteiger partial charge in [0, 0.05) is 11.4 Å². The van der Waals surface area contributed by atoms with Gasteiger partial charge in [-0.05, 0) is 39.2 Å². The zero-order chi connectivity index (χ0) is 20.7. The van der Waals surface area contributed by atoms with E-state index in [1.54, 1.807) is 18.5 Å². The molecule has 0 unspecified atom stereocenters. The van der Waals surface area contributed by atoms with Crippen molar-refractivity contribution in [2.75, 3.05) is 0 Å². The minimum atomic E-state index is -0.740. The highest BCUT2D eigenvalue weighted by molar-refractivity contribution is 7.18. The molecular formula is C19H23ClN4O3S. The lowest BCUT2D eigenvalue weighted by Gasteiger charge is -2.12. The summed E-state index contributed by atoms with van der Waals surface area (Å²) in [5.41, 5.74) is 1.43. The number of nitrogens with one attached hydrogen (secondary N) is 1. The standard InChI is InChI=1S/C19H23ClN4O3S/c1-8(2)7-24-15(20)14(10(4)23-24)19(26)27-11(5)16-21-17(25)13-9(3)12(6)28-18(13)22-16/h8,11H,7H2,1-6H3,(H,21,22,25)/t11-/m0/s1. The predicted molar refractivity (Wildman–Crippen MR) is 110 cm³/mol. The number of ether oxygens (including phenoxy) is 1. The molecule has 0 amide bonds. The molecule has 3 aromatic heterocycles. The van der Waals surface area contributed by atoms with Gasteiger partial charge in [-0.15, -0.1) is 11.3 Å². The molecule has 28 heavy (non-hydrogen) atoms. The number of hydrogen-bond donors (Lipinski definition) is 1. The van der Waals surface area contributed by atoms with E-state index in [2.05, 4.69) is 15.1 Å². The van der Waals surface area contributed by atoms with Crippen molar-refractivity contribution in [1.29, 1.82) is 0 Å². The first-order chi connectivity index (χ1) is 13.1. The number of aryl methyl sites for hydroxylation is 3. The van der Waals surface area contributed by atoms with E-state index < -0.39 is 12.1 Å². The lowest BCUT2D eigenvalue weighted by molar-refractivity contribution is 0.0319. The first-order valence-electron chi connectivity index (χ1n) is 9.03. The Morgan fingerprint density at radius 2 is 1.96 bits per heavy atom. The van der Waals surface area contributed by atoms with Gasteiger partial charge in [-0.25, -0.2) is 9.78 Å². The number of fused-ring (bicyclic) bond motifs is 1. The summed E-state index contributed by atoms with van der Waals surface area (Å²) in [5.74, 6) is 0.0417. The van der Waals surface area contributed by atoms with Crippen LogP contribution in [-0.4, -0.2) is 25.7 Å². The SMILES string of the molecule is Cc1nn(CC(C)C)c(Cl)c1C(=O)O[C@@H](C)c1nc2sc(C)c(C)c2c(=O)[nH]1. The fraction of sp³-hybridized carbons (Fsp3) is 0.474. The fourth-order valence-corrected chi connectivity index (χ4v) is 4.35. The van der Waals surface area contributed by atoms with Crippen LogP contribution >= 0.6 is 22.9 Å². The van der Waals surface area contributed by atoms with E-state index in [1.807, 2.05) is 27.7 Å². The van der Waals surface area contributed by atoms with Crippen molar-refractivity contribution in [2.45, 2.75) is 54.2 Å². The van der Waals surface area contributed by atoms with Crippen molar-refractivity contribution in [3.63, 3.8) is 0 Å². The highest BCUT2D eigenvalue weighted by Crippen LogP contribution is 2.28. The minimum Gasteiger partial charge on any atom is -0.451 e. The Hall–Kier alpha value is -2.19.